The van der Waals surface area contributed by atoms with E-state index in [1.807, 2.05) is 6.07 Å². The van der Waals surface area contributed by atoms with Crippen molar-refractivity contribution in [2.24, 2.45) is 0 Å². The van der Waals surface area contributed by atoms with Crippen molar-refractivity contribution in [3.8, 4) is 5.75 Å². The molecular weight excluding hydrogens is 250 g/mol. The highest BCUT2D eigenvalue weighted by Crippen LogP contribution is 2.16. The van der Waals surface area contributed by atoms with Gasteiger partial charge in [-0.15, -0.1) is 0 Å². The first-order chi connectivity index (χ1) is 8.63. The third-order valence-corrected chi connectivity index (χ3v) is 2.60. The zero-order chi connectivity index (χ0) is 13.0. The smallest absolute Gasteiger partial charge is 0.315 e. The number of ether oxygens (including phenoxy) is 1. The Morgan fingerprint density at radius 1 is 1.17 bits per heavy atom. The fourth-order valence-electron chi connectivity index (χ4n) is 1.54. The first-order valence-electron chi connectivity index (χ1n) is 5.44. The maximum absolute atomic E-state index is 11.7. The summed E-state index contributed by atoms with van der Waals surface area (Å²) in [5, 5.41) is 0.602. The van der Waals surface area contributed by atoms with E-state index in [2.05, 4.69) is 0 Å². The molecule has 2 aromatic carbocycles. The van der Waals surface area contributed by atoms with Gasteiger partial charge in [-0.25, -0.2) is 0 Å². The van der Waals surface area contributed by atoms with E-state index < -0.39 is 0 Å². The van der Waals surface area contributed by atoms with Crippen LogP contribution < -0.4 is 10.5 Å². The first-order valence-corrected chi connectivity index (χ1v) is 5.82. The Hall–Kier alpha value is -2.00. The predicted molar refractivity (Wildman–Crippen MR) is 71.6 cm³/mol. The third-order valence-electron chi connectivity index (χ3n) is 2.34. The Bertz CT molecular complexity index is 552. The predicted octanol–water partition coefficient (Wildman–Crippen LogP) is 3.07. The monoisotopic (exact) mass is 261 g/mol. The number of carbonyl (C=O) groups excluding carboxylic acids is 1. The zero-order valence-corrected chi connectivity index (χ0v) is 10.4. The minimum Gasteiger partial charge on any atom is -0.426 e. The second-order valence-electron chi connectivity index (χ2n) is 3.85. The largest absolute Gasteiger partial charge is 0.426 e. The molecule has 0 aliphatic rings. The number of hydrogen-bond donors (Lipinski definition) is 1. The van der Waals surface area contributed by atoms with Gasteiger partial charge in [-0.2, -0.15) is 0 Å². The summed E-state index contributed by atoms with van der Waals surface area (Å²) in [6, 6.07) is 13.8. The van der Waals surface area contributed by atoms with Crippen molar-refractivity contribution in [1.82, 2.24) is 0 Å². The number of rotatable bonds is 3. The van der Waals surface area contributed by atoms with Crippen LogP contribution in [0.5, 0.6) is 5.75 Å². The molecule has 2 rings (SSSR count). The molecule has 0 radical (unpaired) electrons. The summed E-state index contributed by atoms with van der Waals surface area (Å²) in [5.74, 6) is 0.149. The highest BCUT2D eigenvalue weighted by molar-refractivity contribution is 6.30. The number of anilines is 1. The number of halogens is 1. The Morgan fingerprint density at radius 3 is 2.56 bits per heavy atom. The number of esters is 1. The van der Waals surface area contributed by atoms with E-state index in [0.29, 0.717) is 16.5 Å². The standard InChI is InChI=1S/C14H12ClNO2/c15-11-4-6-13(7-5-11)18-14(17)9-10-2-1-3-12(16)8-10/h1-8H,9,16H2. The fourth-order valence-corrected chi connectivity index (χ4v) is 1.67. The van der Waals surface area contributed by atoms with Crippen LogP contribution in [0.15, 0.2) is 48.5 Å². The molecule has 4 heteroatoms. The van der Waals surface area contributed by atoms with Crippen LogP contribution in [0.2, 0.25) is 5.02 Å². The maximum atomic E-state index is 11.7. The third kappa shape index (κ3) is 3.50. The molecule has 2 N–H and O–H groups in total. The van der Waals surface area contributed by atoms with Crippen LogP contribution >= 0.6 is 11.6 Å². The van der Waals surface area contributed by atoms with E-state index in [1.54, 1.807) is 42.5 Å². The SMILES string of the molecule is Nc1cccc(CC(=O)Oc2ccc(Cl)cc2)c1. The van der Waals surface area contributed by atoms with Crippen molar-refractivity contribution < 1.29 is 9.53 Å². The molecule has 92 valence electrons. The second-order valence-corrected chi connectivity index (χ2v) is 4.29. The summed E-state index contributed by atoms with van der Waals surface area (Å²) in [5.41, 5.74) is 7.10. The molecule has 18 heavy (non-hydrogen) atoms. The van der Waals surface area contributed by atoms with Crippen LogP contribution in [0.25, 0.3) is 0 Å². The van der Waals surface area contributed by atoms with Crippen LogP contribution in [-0.4, -0.2) is 5.97 Å². The quantitative estimate of drug-likeness (QED) is 0.525. The Labute approximate surface area is 110 Å². The van der Waals surface area contributed by atoms with Gasteiger partial charge in [-0.3, -0.25) is 4.79 Å². The van der Waals surface area contributed by atoms with Crippen molar-refractivity contribution in [2.45, 2.75) is 6.42 Å². The van der Waals surface area contributed by atoms with Crippen molar-refractivity contribution in [1.29, 1.82) is 0 Å². The van der Waals surface area contributed by atoms with Crippen molar-refractivity contribution in [3.05, 3.63) is 59.1 Å². The van der Waals surface area contributed by atoms with E-state index in [9.17, 15) is 4.79 Å². The average molecular weight is 262 g/mol. The summed E-state index contributed by atoms with van der Waals surface area (Å²) < 4.78 is 5.17. The van der Waals surface area contributed by atoms with E-state index in [-0.39, 0.29) is 12.4 Å². The number of nitrogens with two attached hydrogens (primary N) is 1. The van der Waals surface area contributed by atoms with Crippen LogP contribution in [0, 0.1) is 0 Å². The van der Waals surface area contributed by atoms with E-state index in [4.69, 9.17) is 22.1 Å². The number of nitrogen functional groups attached to an aromatic ring is 1. The molecule has 0 spiro atoms. The fraction of sp³-hybridized carbons (Fsp3) is 0.0714. The van der Waals surface area contributed by atoms with Gasteiger partial charge in [0.15, 0.2) is 0 Å². The van der Waals surface area contributed by atoms with Gasteiger partial charge in [0.05, 0.1) is 6.42 Å². The molecule has 0 saturated heterocycles. The van der Waals surface area contributed by atoms with Gasteiger partial charge in [0.25, 0.3) is 0 Å². The maximum Gasteiger partial charge on any atom is 0.315 e. The molecule has 0 aliphatic carbocycles. The van der Waals surface area contributed by atoms with E-state index in [0.717, 1.165) is 5.56 Å². The molecule has 0 aliphatic heterocycles. The lowest BCUT2D eigenvalue weighted by Crippen LogP contribution is -2.11. The van der Waals surface area contributed by atoms with Crippen molar-refractivity contribution in [3.63, 3.8) is 0 Å². The molecule has 0 unspecified atom stereocenters. The van der Waals surface area contributed by atoms with Crippen LogP contribution in [0.1, 0.15) is 5.56 Å². The highest BCUT2D eigenvalue weighted by atomic mass is 35.5. The molecule has 0 saturated carbocycles. The molecule has 0 fully saturated rings. The lowest BCUT2D eigenvalue weighted by Gasteiger charge is -2.05. The van der Waals surface area contributed by atoms with Gasteiger partial charge in [0, 0.05) is 10.7 Å². The molecule has 2 aromatic rings. The number of benzene rings is 2. The summed E-state index contributed by atoms with van der Waals surface area (Å²) in [6.45, 7) is 0. The van der Waals surface area contributed by atoms with E-state index in [1.165, 1.54) is 0 Å². The minimum absolute atomic E-state index is 0.188. The molecule has 0 atom stereocenters. The van der Waals surface area contributed by atoms with Gasteiger partial charge in [0.1, 0.15) is 5.75 Å². The first kappa shape index (κ1) is 12.5. The summed E-state index contributed by atoms with van der Waals surface area (Å²) >= 11 is 5.74. The summed E-state index contributed by atoms with van der Waals surface area (Å²) in [7, 11) is 0. The molecule has 0 heterocycles. The van der Waals surface area contributed by atoms with Gasteiger partial charge < -0.3 is 10.5 Å². The average Bonchev–Trinajstić information content (AvgIpc) is 2.32. The summed E-state index contributed by atoms with van der Waals surface area (Å²) in [6.07, 6.45) is 0.188. The topological polar surface area (TPSA) is 52.3 Å². The molecule has 0 amide bonds. The van der Waals surface area contributed by atoms with Crippen LogP contribution in [0.3, 0.4) is 0 Å². The minimum atomic E-state index is -0.331. The van der Waals surface area contributed by atoms with Gasteiger partial charge in [0.2, 0.25) is 0 Å². The summed E-state index contributed by atoms with van der Waals surface area (Å²) in [4.78, 5) is 11.7. The van der Waals surface area contributed by atoms with Crippen LogP contribution in [-0.2, 0) is 11.2 Å². The van der Waals surface area contributed by atoms with E-state index >= 15 is 0 Å². The molecule has 0 bridgehead atoms. The van der Waals surface area contributed by atoms with Gasteiger partial charge in [-0.05, 0) is 42.0 Å². The molecular formula is C14H12ClNO2. The van der Waals surface area contributed by atoms with Crippen LogP contribution in [0.4, 0.5) is 5.69 Å². The number of carbonyl (C=O) groups is 1. The van der Waals surface area contributed by atoms with Gasteiger partial charge >= 0.3 is 5.97 Å². The molecule has 0 aromatic heterocycles. The number of hydrogen-bond acceptors (Lipinski definition) is 3. The van der Waals surface area contributed by atoms with Crippen molar-refractivity contribution >= 4 is 23.3 Å². The lowest BCUT2D eigenvalue weighted by molar-refractivity contribution is -0.133. The Morgan fingerprint density at radius 2 is 1.89 bits per heavy atom. The normalized spacial score (nSPS) is 10.1. The highest BCUT2D eigenvalue weighted by Gasteiger charge is 2.06. The second kappa shape index (κ2) is 5.56. The Balaban J connectivity index is 1.98. The Kier molecular flexibility index (Phi) is 3.85. The van der Waals surface area contributed by atoms with Crippen molar-refractivity contribution in [2.75, 3.05) is 5.73 Å². The zero-order valence-electron chi connectivity index (χ0n) is 9.60. The van der Waals surface area contributed by atoms with Gasteiger partial charge in [-0.1, -0.05) is 23.7 Å². The molecule has 3 nitrogen and oxygen atoms in total. The lowest BCUT2D eigenvalue weighted by atomic mass is 10.1.